The predicted molar refractivity (Wildman–Crippen MR) is 128 cm³/mol. The van der Waals surface area contributed by atoms with Gasteiger partial charge in [0.25, 0.3) is 5.89 Å². The zero-order valence-corrected chi connectivity index (χ0v) is 19.2. The quantitative estimate of drug-likeness (QED) is 0.368. The lowest BCUT2D eigenvalue weighted by Crippen LogP contribution is -2.22. The Morgan fingerprint density at radius 1 is 0.971 bits per heavy atom. The van der Waals surface area contributed by atoms with Crippen LogP contribution in [0.1, 0.15) is 5.56 Å². The molecule has 3 heterocycles. The van der Waals surface area contributed by atoms with E-state index in [1.54, 1.807) is 37.4 Å². The summed E-state index contributed by atoms with van der Waals surface area (Å²) in [5.41, 5.74) is 2.40. The third-order valence-corrected chi connectivity index (χ3v) is 5.21. The SMILES string of the molecule is COc1cc(Nc2ncccc2-c2nnc(N(Cc3ccccc3)C3=COCO3)o2)cc(OC)c1. The van der Waals surface area contributed by atoms with Gasteiger partial charge >= 0.3 is 6.01 Å². The zero-order chi connectivity index (χ0) is 24.0. The van der Waals surface area contributed by atoms with Crippen molar-refractivity contribution in [1.82, 2.24) is 15.2 Å². The number of ether oxygens (including phenoxy) is 4. The van der Waals surface area contributed by atoms with Crippen LogP contribution in [0.2, 0.25) is 0 Å². The molecule has 0 bridgehead atoms. The van der Waals surface area contributed by atoms with Gasteiger partial charge in [-0.1, -0.05) is 35.4 Å². The van der Waals surface area contributed by atoms with Crippen molar-refractivity contribution in [2.75, 3.05) is 31.2 Å². The molecule has 10 heteroatoms. The van der Waals surface area contributed by atoms with Crippen molar-refractivity contribution >= 4 is 17.5 Å². The molecule has 0 atom stereocenters. The van der Waals surface area contributed by atoms with Crippen LogP contribution in [0.15, 0.2) is 83.4 Å². The van der Waals surface area contributed by atoms with Gasteiger partial charge in [-0.05, 0) is 17.7 Å². The van der Waals surface area contributed by atoms with E-state index in [9.17, 15) is 0 Å². The lowest BCUT2D eigenvalue weighted by Gasteiger charge is -2.19. The monoisotopic (exact) mass is 473 g/mol. The Morgan fingerprint density at radius 3 is 2.49 bits per heavy atom. The zero-order valence-electron chi connectivity index (χ0n) is 19.2. The summed E-state index contributed by atoms with van der Waals surface area (Å²) in [6, 6.07) is 19.3. The Morgan fingerprint density at radius 2 is 1.77 bits per heavy atom. The van der Waals surface area contributed by atoms with Gasteiger partial charge in [-0.3, -0.25) is 4.90 Å². The second-order valence-electron chi connectivity index (χ2n) is 7.47. The Hall–Kier alpha value is -4.73. The van der Waals surface area contributed by atoms with Crippen LogP contribution in [0, 0.1) is 0 Å². The molecule has 2 aromatic heterocycles. The van der Waals surface area contributed by atoms with Gasteiger partial charge in [0.15, 0.2) is 0 Å². The van der Waals surface area contributed by atoms with E-state index in [1.165, 1.54) is 6.26 Å². The summed E-state index contributed by atoms with van der Waals surface area (Å²) in [7, 11) is 3.20. The summed E-state index contributed by atoms with van der Waals surface area (Å²) in [4.78, 5) is 6.23. The number of hydrogen-bond acceptors (Lipinski definition) is 10. The van der Waals surface area contributed by atoms with Crippen molar-refractivity contribution in [1.29, 1.82) is 0 Å². The highest BCUT2D eigenvalue weighted by molar-refractivity contribution is 5.74. The van der Waals surface area contributed by atoms with Gasteiger partial charge < -0.3 is 28.7 Å². The van der Waals surface area contributed by atoms with Crippen LogP contribution in [0.5, 0.6) is 11.5 Å². The molecule has 0 radical (unpaired) electrons. The van der Waals surface area contributed by atoms with E-state index in [1.807, 2.05) is 48.5 Å². The van der Waals surface area contributed by atoms with Crippen molar-refractivity contribution < 1.29 is 23.4 Å². The van der Waals surface area contributed by atoms with Crippen LogP contribution in [0.3, 0.4) is 0 Å². The Balaban J connectivity index is 1.45. The summed E-state index contributed by atoms with van der Waals surface area (Å²) >= 11 is 0. The van der Waals surface area contributed by atoms with E-state index < -0.39 is 0 Å². The molecule has 1 N–H and O–H groups in total. The van der Waals surface area contributed by atoms with Gasteiger partial charge in [0.2, 0.25) is 12.7 Å². The van der Waals surface area contributed by atoms with Gasteiger partial charge in [-0.15, -0.1) is 5.10 Å². The normalized spacial score (nSPS) is 12.3. The van der Waals surface area contributed by atoms with E-state index in [4.69, 9.17) is 23.4 Å². The minimum Gasteiger partial charge on any atom is -0.497 e. The highest BCUT2D eigenvalue weighted by atomic mass is 16.7. The fourth-order valence-electron chi connectivity index (χ4n) is 3.51. The van der Waals surface area contributed by atoms with Gasteiger partial charge in [0.1, 0.15) is 23.6 Å². The number of methoxy groups -OCH3 is 2. The average molecular weight is 473 g/mol. The first kappa shape index (κ1) is 22.1. The molecule has 2 aromatic carbocycles. The maximum atomic E-state index is 6.08. The van der Waals surface area contributed by atoms with E-state index in [-0.39, 0.29) is 12.8 Å². The fraction of sp³-hybridized carbons (Fsp3) is 0.160. The fourth-order valence-corrected chi connectivity index (χ4v) is 3.51. The van der Waals surface area contributed by atoms with Crippen LogP contribution in [0.25, 0.3) is 11.5 Å². The molecular weight excluding hydrogens is 450 g/mol. The van der Waals surface area contributed by atoms with Crippen LogP contribution in [-0.2, 0) is 16.0 Å². The first-order chi connectivity index (χ1) is 17.2. The Bertz CT molecular complexity index is 1300. The standard InChI is InChI=1S/C25H23N5O5/c1-31-19-11-18(12-20(13-19)32-2)27-23-21(9-6-10-26-23)24-28-29-25(35-24)30(22-15-33-16-34-22)14-17-7-4-3-5-8-17/h3-13,15H,14,16H2,1-2H3,(H,26,27). The third kappa shape index (κ3) is 4.96. The summed E-state index contributed by atoms with van der Waals surface area (Å²) in [5, 5.41) is 11.8. The maximum Gasteiger partial charge on any atom is 0.325 e. The van der Waals surface area contributed by atoms with Crippen molar-refractivity contribution in [3.63, 3.8) is 0 Å². The number of rotatable bonds is 9. The van der Waals surface area contributed by atoms with Crippen LogP contribution >= 0.6 is 0 Å². The number of anilines is 3. The molecule has 1 aliphatic rings. The van der Waals surface area contributed by atoms with Gasteiger partial charge in [0.05, 0.1) is 26.3 Å². The topological polar surface area (TPSA) is 104 Å². The molecule has 178 valence electrons. The number of aromatic nitrogens is 3. The number of benzene rings is 2. The summed E-state index contributed by atoms with van der Waals surface area (Å²) in [5.74, 6) is 2.61. The van der Waals surface area contributed by atoms with Crippen molar-refractivity contribution in [3.05, 3.63) is 84.6 Å². The molecule has 0 fully saturated rings. The summed E-state index contributed by atoms with van der Waals surface area (Å²) in [6.07, 6.45) is 3.21. The molecule has 1 aliphatic heterocycles. The molecule has 0 aliphatic carbocycles. The largest absolute Gasteiger partial charge is 0.497 e. The van der Waals surface area contributed by atoms with Crippen molar-refractivity contribution in [2.45, 2.75) is 6.54 Å². The lowest BCUT2D eigenvalue weighted by molar-refractivity contribution is 0.0776. The minimum absolute atomic E-state index is 0.127. The third-order valence-electron chi connectivity index (χ3n) is 5.21. The molecule has 5 rings (SSSR count). The van der Waals surface area contributed by atoms with Gasteiger partial charge in [0, 0.05) is 30.1 Å². The predicted octanol–water partition coefficient (Wildman–Crippen LogP) is 4.70. The number of pyridine rings is 1. The van der Waals surface area contributed by atoms with E-state index in [2.05, 4.69) is 20.5 Å². The Kier molecular flexibility index (Phi) is 6.33. The first-order valence-electron chi connectivity index (χ1n) is 10.8. The number of nitrogens with zero attached hydrogens (tertiary/aromatic N) is 4. The first-order valence-corrected chi connectivity index (χ1v) is 10.8. The maximum absolute atomic E-state index is 6.08. The molecule has 0 spiro atoms. The minimum atomic E-state index is 0.127. The summed E-state index contributed by atoms with van der Waals surface area (Å²) < 4.78 is 27.7. The van der Waals surface area contributed by atoms with Crippen LogP contribution in [0.4, 0.5) is 17.5 Å². The van der Waals surface area contributed by atoms with Crippen molar-refractivity contribution in [3.8, 4) is 23.0 Å². The van der Waals surface area contributed by atoms with E-state index in [0.717, 1.165) is 11.3 Å². The lowest BCUT2D eigenvalue weighted by atomic mass is 10.2. The second kappa shape index (κ2) is 10.0. The van der Waals surface area contributed by atoms with Gasteiger partial charge in [-0.25, -0.2) is 4.98 Å². The highest BCUT2D eigenvalue weighted by Crippen LogP contribution is 2.33. The summed E-state index contributed by atoms with van der Waals surface area (Å²) in [6.45, 7) is 0.585. The highest BCUT2D eigenvalue weighted by Gasteiger charge is 2.25. The van der Waals surface area contributed by atoms with Crippen LogP contribution < -0.4 is 19.7 Å². The molecule has 0 amide bonds. The van der Waals surface area contributed by atoms with Crippen molar-refractivity contribution in [2.24, 2.45) is 0 Å². The Labute approximate surface area is 201 Å². The van der Waals surface area contributed by atoms with Crippen LogP contribution in [-0.4, -0.2) is 36.2 Å². The molecule has 0 saturated carbocycles. The molecular formula is C25H23N5O5. The molecule has 0 unspecified atom stereocenters. The number of nitrogens with one attached hydrogen (secondary N) is 1. The molecule has 10 nitrogen and oxygen atoms in total. The smallest absolute Gasteiger partial charge is 0.325 e. The molecule has 0 saturated heterocycles. The van der Waals surface area contributed by atoms with E-state index in [0.29, 0.717) is 41.2 Å². The van der Waals surface area contributed by atoms with E-state index >= 15 is 0 Å². The van der Waals surface area contributed by atoms with Gasteiger partial charge in [-0.2, -0.15) is 0 Å². The second-order valence-corrected chi connectivity index (χ2v) is 7.47. The number of hydrogen-bond donors (Lipinski definition) is 1. The molecule has 35 heavy (non-hydrogen) atoms. The molecule has 4 aromatic rings. The average Bonchev–Trinajstić information content (AvgIpc) is 3.61.